The molecule has 0 unspecified atom stereocenters. The maximum Gasteiger partial charge on any atom is 0.288 e. The molecule has 1 aromatic carbocycles. The van der Waals surface area contributed by atoms with E-state index in [4.69, 9.17) is 11.6 Å². The van der Waals surface area contributed by atoms with E-state index in [1.54, 1.807) is 6.07 Å². The smallest absolute Gasteiger partial charge is 0.288 e. The molecule has 22 heavy (non-hydrogen) atoms. The number of benzene rings is 1. The van der Waals surface area contributed by atoms with Crippen LogP contribution in [-0.4, -0.2) is 28.3 Å². The summed E-state index contributed by atoms with van der Waals surface area (Å²) < 4.78 is 0. The summed E-state index contributed by atoms with van der Waals surface area (Å²) in [7, 11) is 0. The first-order valence-electron chi connectivity index (χ1n) is 7.73. The lowest BCUT2D eigenvalue weighted by Gasteiger charge is -2.35. The molecule has 0 aliphatic heterocycles. The number of halogens is 1. The van der Waals surface area contributed by atoms with E-state index in [1.807, 2.05) is 18.7 Å². The molecule has 5 nitrogen and oxygen atoms in total. The number of rotatable bonds is 5. The summed E-state index contributed by atoms with van der Waals surface area (Å²) in [6, 6.07) is 3.35. The SMILES string of the molecule is CCCN(C(=O)CC)[C@H]1CCc2ccc([N+](=O)[O-])c(Cl)c2C1. The molecule has 1 atom stereocenters. The Morgan fingerprint density at radius 2 is 2.18 bits per heavy atom. The van der Waals surface area contributed by atoms with Gasteiger partial charge in [0.2, 0.25) is 5.91 Å². The number of hydrogen-bond acceptors (Lipinski definition) is 3. The van der Waals surface area contributed by atoms with Gasteiger partial charge in [-0.05, 0) is 36.8 Å². The quantitative estimate of drug-likeness (QED) is 0.612. The third kappa shape index (κ3) is 3.24. The second-order valence-corrected chi connectivity index (χ2v) is 6.01. The second kappa shape index (κ2) is 7.09. The third-order valence-electron chi connectivity index (χ3n) is 4.23. The van der Waals surface area contributed by atoms with Crippen molar-refractivity contribution in [3.05, 3.63) is 38.4 Å². The molecule has 0 radical (unpaired) electrons. The summed E-state index contributed by atoms with van der Waals surface area (Å²) >= 11 is 6.24. The molecule has 0 bridgehead atoms. The van der Waals surface area contributed by atoms with Crippen molar-refractivity contribution in [1.82, 2.24) is 4.90 Å². The predicted octanol–water partition coefficient (Wildman–Crippen LogP) is 3.75. The predicted molar refractivity (Wildman–Crippen MR) is 86.2 cm³/mol. The standard InChI is InChI=1S/C16H21ClN2O3/c1-3-9-18(15(20)4-2)12-7-5-11-6-8-14(19(21)22)16(17)13(11)10-12/h6,8,12H,3-5,7,9-10H2,1-2H3/t12-/m0/s1. The van der Waals surface area contributed by atoms with E-state index in [1.165, 1.54) is 6.07 Å². The van der Waals surface area contributed by atoms with Gasteiger partial charge in [0.25, 0.3) is 5.69 Å². The minimum atomic E-state index is -0.451. The Balaban J connectivity index is 2.31. The van der Waals surface area contributed by atoms with Crippen LogP contribution in [0.15, 0.2) is 12.1 Å². The Hall–Kier alpha value is -1.62. The van der Waals surface area contributed by atoms with E-state index in [2.05, 4.69) is 0 Å². The van der Waals surface area contributed by atoms with Crippen LogP contribution in [0.3, 0.4) is 0 Å². The molecular formula is C16H21ClN2O3. The van der Waals surface area contributed by atoms with Crippen LogP contribution in [0, 0.1) is 10.1 Å². The molecule has 0 heterocycles. The van der Waals surface area contributed by atoms with Gasteiger partial charge in [-0.15, -0.1) is 0 Å². The molecule has 6 heteroatoms. The summed E-state index contributed by atoms with van der Waals surface area (Å²) in [6.07, 6.45) is 3.66. The molecule has 0 saturated carbocycles. The van der Waals surface area contributed by atoms with Gasteiger partial charge in [0.15, 0.2) is 0 Å². The number of aryl methyl sites for hydroxylation is 1. The Morgan fingerprint density at radius 1 is 1.45 bits per heavy atom. The van der Waals surface area contributed by atoms with E-state index < -0.39 is 4.92 Å². The monoisotopic (exact) mass is 324 g/mol. The van der Waals surface area contributed by atoms with Crippen LogP contribution >= 0.6 is 11.6 Å². The minimum absolute atomic E-state index is 0.0510. The highest BCUT2D eigenvalue weighted by Crippen LogP contribution is 2.36. The van der Waals surface area contributed by atoms with Gasteiger partial charge in [0.1, 0.15) is 5.02 Å². The third-order valence-corrected chi connectivity index (χ3v) is 4.65. The van der Waals surface area contributed by atoms with Crippen molar-refractivity contribution in [3.63, 3.8) is 0 Å². The molecule has 0 spiro atoms. The highest BCUT2D eigenvalue weighted by Gasteiger charge is 2.30. The van der Waals surface area contributed by atoms with Gasteiger partial charge in [-0.25, -0.2) is 0 Å². The van der Waals surface area contributed by atoms with Crippen LogP contribution in [0.1, 0.15) is 44.2 Å². The van der Waals surface area contributed by atoms with E-state index >= 15 is 0 Å². The van der Waals surface area contributed by atoms with Crippen molar-refractivity contribution in [2.24, 2.45) is 0 Å². The fraction of sp³-hybridized carbons (Fsp3) is 0.562. The molecule has 1 aromatic rings. The van der Waals surface area contributed by atoms with E-state index in [-0.39, 0.29) is 22.7 Å². The van der Waals surface area contributed by atoms with Crippen molar-refractivity contribution in [2.45, 2.75) is 52.0 Å². The fourth-order valence-electron chi connectivity index (χ4n) is 3.13. The topological polar surface area (TPSA) is 63.5 Å². The van der Waals surface area contributed by atoms with Gasteiger partial charge in [0, 0.05) is 25.1 Å². The zero-order chi connectivity index (χ0) is 16.3. The molecule has 1 aliphatic carbocycles. The first kappa shape index (κ1) is 16.7. The number of nitro groups is 1. The highest BCUT2D eigenvalue weighted by atomic mass is 35.5. The summed E-state index contributed by atoms with van der Waals surface area (Å²) in [5.74, 6) is 0.136. The van der Waals surface area contributed by atoms with Crippen molar-refractivity contribution in [2.75, 3.05) is 6.54 Å². The van der Waals surface area contributed by atoms with Crippen LogP contribution in [0.2, 0.25) is 5.02 Å². The Labute approximate surface area is 135 Å². The van der Waals surface area contributed by atoms with Crippen LogP contribution in [0.25, 0.3) is 0 Å². The fourth-order valence-corrected chi connectivity index (χ4v) is 3.46. The van der Waals surface area contributed by atoms with Crippen molar-refractivity contribution < 1.29 is 9.72 Å². The van der Waals surface area contributed by atoms with Crippen molar-refractivity contribution in [1.29, 1.82) is 0 Å². The molecule has 2 rings (SSSR count). The Kier molecular flexibility index (Phi) is 5.40. The number of nitro benzene ring substituents is 1. The molecule has 0 saturated heterocycles. The van der Waals surface area contributed by atoms with E-state index in [9.17, 15) is 14.9 Å². The molecule has 1 amide bonds. The maximum absolute atomic E-state index is 12.2. The van der Waals surface area contributed by atoms with Crippen LogP contribution < -0.4 is 0 Å². The maximum atomic E-state index is 12.2. The summed E-state index contributed by atoms with van der Waals surface area (Å²) in [5.41, 5.74) is 1.84. The lowest BCUT2D eigenvalue weighted by atomic mass is 9.86. The summed E-state index contributed by atoms with van der Waals surface area (Å²) in [5, 5.41) is 11.3. The van der Waals surface area contributed by atoms with Gasteiger partial charge < -0.3 is 4.90 Å². The van der Waals surface area contributed by atoms with Gasteiger partial charge in [0.05, 0.1) is 4.92 Å². The number of carbonyl (C=O) groups is 1. The number of amides is 1. The minimum Gasteiger partial charge on any atom is -0.339 e. The molecule has 0 N–H and O–H groups in total. The second-order valence-electron chi connectivity index (χ2n) is 5.63. The number of hydrogen-bond donors (Lipinski definition) is 0. The molecular weight excluding hydrogens is 304 g/mol. The molecule has 0 fully saturated rings. The van der Waals surface area contributed by atoms with Crippen molar-refractivity contribution in [3.8, 4) is 0 Å². The van der Waals surface area contributed by atoms with Gasteiger partial charge in [-0.2, -0.15) is 0 Å². The normalized spacial score (nSPS) is 17.0. The first-order valence-corrected chi connectivity index (χ1v) is 8.11. The average molecular weight is 325 g/mol. The number of carbonyl (C=O) groups excluding carboxylic acids is 1. The van der Waals surface area contributed by atoms with Gasteiger partial charge in [-0.1, -0.05) is 31.5 Å². The van der Waals surface area contributed by atoms with E-state index in [0.717, 1.165) is 36.9 Å². The lowest BCUT2D eigenvalue weighted by Crippen LogP contribution is -2.43. The highest BCUT2D eigenvalue weighted by molar-refractivity contribution is 6.33. The van der Waals surface area contributed by atoms with Crippen LogP contribution in [0.5, 0.6) is 0 Å². The summed E-state index contributed by atoms with van der Waals surface area (Å²) in [4.78, 5) is 24.7. The van der Waals surface area contributed by atoms with E-state index in [0.29, 0.717) is 12.8 Å². The number of nitrogens with zero attached hydrogens (tertiary/aromatic N) is 2. The van der Waals surface area contributed by atoms with Crippen LogP contribution in [-0.2, 0) is 17.6 Å². The van der Waals surface area contributed by atoms with Crippen molar-refractivity contribution >= 4 is 23.2 Å². The Morgan fingerprint density at radius 3 is 2.77 bits per heavy atom. The van der Waals surface area contributed by atoms with Gasteiger partial charge >= 0.3 is 0 Å². The Bertz CT molecular complexity index is 589. The summed E-state index contributed by atoms with van der Waals surface area (Å²) in [6.45, 7) is 4.63. The zero-order valence-corrected chi connectivity index (χ0v) is 13.7. The lowest BCUT2D eigenvalue weighted by molar-refractivity contribution is -0.384. The molecule has 1 aliphatic rings. The average Bonchev–Trinajstić information content (AvgIpc) is 2.51. The van der Waals surface area contributed by atoms with Gasteiger partial charge in [-0.3, -0.25) is 14.9 Å². The number of fused-ring (bicyclic) bond motifs is 1. The van der Waals surface area contributed by atoms with Crippen LogP contribution in [0.4, 0.5) is 5.69 Å². The molecule has 0 aromatic heterocycles. The zero-order valence-electron chi connectivity index (χ0n) is 13.0. The first-order chi connectivity index (χ1) is 10.5. The largest absolute Gasteiger partial charge is 0.339 e. The molecule has 120 valence electrons.